The van der Waals surface area contributed by atoms with Crippen molar-refractivity contribution in [3.8, 4) is 18.1 Å². The Balaban J connectivity index is 0.000000148. The van der Waals surface area contributed by atoms with Gasteiger partial charge in [-0.25, -0.2) is 0 Å². The largest absolute Gasteiger partial charge is 0.508 e. The Morgan fingerprint density at radius 3 is 2.47 bits per heavy atom. The van der Waals surface area contributed by atoms with E-state index >= 15 is 0 Å². The lowest BCUT2D eigenvalue weighted by molar-refractivity contribution is -0.167. The summed E-state index contributed by atoms with van der Waals surface area (Å²) in [5.74, 6) is 7.90. The molecule has 0 amide bonds. The number of phenolic OH excluding ortho intramolecular Hbond substituents is 1. The maximum Gasteiger partial charge on any atom is 0.304 e. The normalized spacial score (nSPS) is 44.2. The summed E-state index contributed by atoms with van der Waals surface area (Å²) < 4.78 is 5.79. The molecule has 0 saturated heterocycles. The minimum absolute atomic E-state index is 0.0883. The van der Waals surface area contributed by atoms with Gasteiger partial charge in [-0.2, -0.15) is 0 Å². The van der Waals surface area contributed by atoms with Gasteiger partial charge < -0.3 is 14.9 Å². The van der Waals surface area contributed by atoms with Gasteiger partial charge in [0, 0.05) is 18.8 Å². The van der Waals surface area contributed by atoms with E-state index in [1.807, 2.05) is 18.2 Å². The van der Waals surface area contributed by atoms with Crippen LogP contribution in [0.5, 0.6) is 5.75 Å². The first-order valence-electron chi connectivity index (χ1n) is 17.9. The van der Waals surface area contributed by atoms with Crippen molar-refractivity contribution in [1.29, 1.82) is 0 Å². The lowest BCUT2D eigenvalue weighted by Gasteiger charge is -2.55. The van der Waals surface area contributed by atoms with Crippen molar-refractivity contribution in [1.82, 2.24) is 0 Å². The van der Waals surface area contributed by atoms with Gasteiger partial charge in [0.2, 0.25) is 0 Å². The highest BCUT2D eigenvalue weighted by molar-refractivity contribution is 5.91. The number of aliphatic hydroxyl groups excluding tert-OH is 1. The van der Waals surface area contributed by atoms with Gasteiger partial charge in [-0.1, -0.05) is 31.4 Å². The number of carbonyl (C=O) groups excluding carboxylic acids is 2. The molecule has 1 unspecified atom stereocenters. The molecule has 5 saturated carbocycles. The fourth-order valence-corrected chi connectivity index (χ4v) is 12.4. The van der Waals surface area contributed by atoms with Gasteiger partial charge in [-0.3, -0.25) is 9.59 Å². The summed E-state index contributed by atoms with van der Waals surface area (Å²) >= 11 is 0. The molecule has 0 bridgehead atoms. The van der Waals surface area contributed by atoms with Crippen LogP contribution in [0, 0.1) is 58.7 Å². The molecule has 0 aromatic heterocycles. The molecule has 0 spiro atoms. The van der Waals surface area contributed by atoms with E-state index in [9.17, 15) is 19.8 Å². The minimum Gasteiger partial charge on any atom is -0.508 e. The molecule has 7 aliphatic carbocycles. The summed E-state index contributed by atoms with van der Waals surface area (Å²) in [6, 6.07) is 5.96. The molecular weight excluding hydrogens is 560 g/mol. The number of carbonyl (C=O) groups is 2. The second-order valence-electron chi connectivity index (χ2n) is 16.3. The summed E-state index contributed by atoms with van der Waals surface area (Å²) in [4.78, 5) is 23.5. The lowest BCUT2D eigenvalue weighted by Crippen LogP contribution is -2.53. The van der Waals surface area contributed by atoms with Crippen molar-refractivity contribution in [2.75, 3.05) is 0 Å². The van der Waals surface area contributed by atoms with E-state index in [1.165, 1.54) is 42.9 Å². The Hall–Kier alpha value is -2.58. The molecule has 45 heavy (non-hydrogen) atoms. The monoisotopic (exact) mass is 612 g/mol. The van der Waals surface area contributed by atoms with Crippen LogP contribution in [-0.2, 0) is 20.7 Å². The van der Waals surface area contributed by atoms with Crippen molar-refractivity contribution in [3.05, 3.63) is 41.0 Å². The Morgan fingerprint density at radius 2 is 1.69 bits per heavy atom. The number of hydrogen-bond donors (Lipinski definition) is 2. The molecule has 0 heterocycles. The van der Waals surface area contributed by atoms with Crippen LogP contribution in [0.15, 0.2) is 29.8 Å². The molecule has 242 valence electrons. The number of ether oxygens (including phenoxy) is 1. The Kier molecular flexibility index (Phi) is 7.79. The van der Waals surface area contributed by atoms with Crippen molar-refractivity contribution in [2.24, 2.45) is 46.3 Å². The molecule has 11 atom stereocenters. The van der Waals surface area contributed by atoms with Crippen molar-refractivity contribution >= 4 is 11.8 Å². The molecule has 1 aromatic rings. The number of allylic oxidation sites excluding steroid dienone is 1. The summed E-state index contributed by atoms with van der Waals surface area (Å²) in [7, 11) is 0. The number of hydrogen-bond acceptors (Lipinski definition) is 5. The zero-order chi connectivity index (χ0) is 31.7. The predicted molar refractivity (Wildman–Crippen MR) is 174 cm³/mol. The number of benzene rings is 1. The van der Waals surface area contributed by atoms with Gasteiger partial charge in [0.1, 0.15) is 5.75 Å². The molecule has 1 aromatic carbocycles. The Labute approximate surface area is 269 Å². The van der Waals surface area contributed by atoms with Gasteiger partial charge in [0.25, 0.3) is 0 Å². The number of rotatable bonds is 1. The number of fused-ring (bicyclic) bond motifs is 10. The van der Waals surface area contributed by atoms with Crippen molar-refractivity contribution in [2.45, 2.75) is 128 Å². The van der Waals surface area contributed by atoms with Crippen LogP contribution in [0.3, 0.4) is 0 Å². The van der Waals surface area contributed by atoms with Gasteiger partial charge in [-0.15, -0.1) is 6.42 Å². The number of aliphatic hydroxyl groups is 1. The average Bonchev–Trinajstić information content (AvgIpc) is 3.49. The summed E-state index contributed by atoms with van der Waals surface area (Å²) in [6.45, 7) is 6.05. The molecule has 5 nitrogen and oxygen atoms in total. The van der Waals surface area contributed by atoms with Gasteiger partial charge in [0.05, 0.1) is 6.10 Å². The first-order valence-corrected chi connectivity index (χ1v) is 17.9. The van der Waals surface area contributed by atoms with E-state index in [-0.39, 0.29) is 22.9 Å². The van der Waals surface area contributed by atoms with Crippen LogP contribution in [0.2, 0.25) is 0 Å². The number of terminal acetylenes is 1. The molecular formula is C40H52O5. The van der Waals surface area contributed by atoms with Crippen LogP contribution in [0.25, 0.3) is 0 Å². The number of esters is 1. The lowest BCUT2D eigenvalue weighted by atomic mass is 9.50. The Bertz CT molecular complexity index is 1440. The topological polar surface area (TPSA) is 83.8 Å². The number of aryl methyl sites for hydroxylation is 1. The van der Waals surface area contributed by atoms with Crippen molar-refractivity contribution < 1.29 is 24.5 Å². The highest BCUT2D eigenvalue weighted by Gasteiger charge is 2.64. The second kappa shape index (κ2) is 11.3. The highest BCUT2D eigenvalue weighted by atomic mass is 16.6. The van der Waals surface area contributed by atoms with Crippen molar-refractivity contribution in [3.63, 3.8) is 0 Å². The highest BCUT2D eigenvalue weighted by Crippen LogP contribution is 2.66. The van der Waals surface area contributed by atoms with E-state index in [1.54, 1.807) is 0 Å². The molecule has 5 heteroatoms. The zero-order valence-corrected chi connectivity index (χ0v) is 27.5. The molecule has 8 rings (SSSR count). The average molecular weight is 613 g/mol. The molecule has 2 N–H and O–H groups in total. The zero-order valence-electron chi connectivity index (χ0n) is 27.5. The minimum atomic E-state index is -0.729. The fourth-order valence-electron chi connectivity index (χ4n) is 12.4. The van der Waals surface area contributed by atoms with Crippen LogP contribution in [-0.4, -0.2) is 33.7 Å². The van der Waals surface area contributed by atoms with Crippen LogP contribution in [0.1, 0.15) is 121 Å². The summed E-state index contributed by atoms with van der Waals surface area (Å²) in [5, 5.41) is 20.0. The van der Waals surface area contributed by atoms with Gasteiger partial charge in [-0.05, 0) is 160 Å². The van der Waals surface area contributed by atoms with E-state index in [4.69, 9.17) is 11.2 Å². The van der Waals surface area contributed by atoms with Gasteiger partial charge >= 0.3 is 5.97 Å². The third-order valence-electron chi connectivity index (χ3n) is 14.6. The van der Waals surface area contributed by atoms with E-state index in [0.29, 0.717) is 53.5 Å². The Morgan fingerprint density at radius 1 is 0.889 bits per heavy atom. The number of aromatic hydroxyl groups is 1. The molecule has 7 aliphatic rings. The first-order chi connectivity index (χ1) is 21.5. The smallest absolute Gasteiger partial charge is 0.304 e. The summed E-state index contributed by atoms with van der Waals surface area (Å²) in [6.07, 6.45) is 22.6. The van der Waals surface area contributed by atoms with E-state index < -0.39 is 5.60 Å². The molecule has 0 radical (unpaired) electrons. The standard InChI is InChI=1S/C22H28O3.C18H24O2/c1-4-22(25-14(2)23)12-10-20-19-7-5-15-13-16(24)6-8-17(15)18(19)9-11-21(20,22)3;1-18-9-8-14-13-5-3-12(19)10-11(13)2-4-15(14)16(18)6-7-17(18)20/h1,13,17-20H,5-12H2,2-3H3;3,5,10,14-17,19-20H,2,4,6-9H2,1H3/t17?,18-,19-,20+,21+,22+;14-,15-,16+,17+,18+/m11/s1. The third kappa shape index (κ3) is 4.83. The van der Waals surface area contributed by atoms with Crippen LogP contribution < -0.4 is 0 Å². The first kappa shape index (κ1) is 31.0. The fraction of sp³-hybridized carbons (Fsp3) is 0.700. The van der Waals surface area contributed by atoms with E-state index in [0.717, 1.165) is 70.1 Å². The molecule has 5 fully saturated rings. The maximum absolute atomic E-state index is 11.8. The second-order valence-corrected chi connectivity index (χ2v) is 16.3. The number of ketones is 1. The summed E-state index contributed by atoms with van der Waals surface area (Å²) in [5.41, 5.74) is 3.56. The maximum atomic E-state index is 11.8. The predicted octanol–water partition coefficient (Wildman–Crippen LogP) is 7.67. The van der Waals surface area contributed by atoms with Gasteiger partial charge in [0.15, 0.2) is 11.4 Å². The third-order valence-corrected chi connectivity index (χ3v) is 14.6. The van der Waals surface area contributed by atoms with Crippen LogP contribution >= 0.6 is 0 Å². The molecule has 0 aliphatic heterocycles. The van der Waals surface area contributed by atoms with E-state index in [2.05, 4.69) is 25.8 Å². The number of phenols is 1. The van der Waals surface area contributed by atoms with Crippen LogP contribution in [0.4, 0.5) is 0 Å². The SMILES string of the molecule is C#C[C@]1(OC(C)=O)CC[C@H]2[C@@H]3CCC4=CC(=O)CCC4[C@H]3CC[C@@]21C.C[C@]12CC[C@@H]3c4ccc(O)cc4CC[C@H]3[C@@H]1CC[C@@H]2O. The quantitative estimate of drug-likeness (QED) is 0.251.